The summed E-state index contributed by atoms with van der Waals surface area (Å²) in [5.41, 5.74) is 1.44. The van der Waals surface area contributed by atoms with Crippen LogP contribution in [0.25, 0.3) is 10.9 Å². The van der Waals surface area contributed by atoms with Gasteiger partial charge in [0.15, 0.2) is 5.78 Å². The first-order valence-corrected chi connectivity index (χ1v) is 8.01. The van der Waals surface area contributed by atoms with Crippen molar-refractivity contribution in [2.45, 2.75) is 38.2 Å². The molecule has 0 saturated carbocycles. The van der Waals surface area contributed by atoms with Gasteiger partial charge in [-0.25, -0.2) is 0 Å². The number of Topliss-reactive ketones (excluding diaryl/α,β-unsaturated/α-hetero) is 1. The van der Waals surface area contributed by atoms with E-state index in [-0.39, 0.29) is 11.9 Å². The first-order valence-electron chi connectivity index (χ1n) is 7.26. The van der Waals surface area contributed by atoms with Crippen LogP contribution >= 0.6 is 23.2 Å². The number of fused-ring (bicyclic) bond motifs is 1. The molecule has 1 N–H and O–H groups in total. The predicted octanol–water partition coefficient (Wildman–Crippen LogP) is 5.01. The zero-order valence-corrected chi connectivity index (χ0v) is 13.1. The van der Waals surface area contributed by atoms with Crippen molar-refractivity contribution in [1.82, 2.24) is 4.98 Å². The molecule has 1 aliphatic heterocycles. The maximum Gasteiger partial charge on any atom is 0.165 e. The number of nitrogens with one attached hydrogen (secondary N) is 1. The monoisotopic (exact) mass is 325 g/mol. The van der Waals surface area contributed by atoms with Gasteiger partial charge in [-0.1, -0.05) is 23.2 Å². The lowest BCUT2D eigenvalue weighted by molar-refractivity contribution is 0.0104. The SMILES string of the molecule is O=C(CCC1CCCCO1)c1c[nH]c2cc(Cl)cc(Cl)c12. The Labute approximate surface area is 133 Å². The van der Waals surface area contributed by atoms with Gasteiger partial charge >= 0.3 is 0 Å². The number of aromatic nitrogens is 1. The third kappa shape index (κ3) is 3.25. The minimum absolute atomic E-state index is 0.0969. The number of rotatable bonds is 4. The highest BCUT2D eigenvalue weighted by atomic mass is 35.5. The van der Waals surface area contributed by atoms with Crippen molar-refractivity contribution in [2.24, 2.45) is 0 Å². The maximum absolute atomic E-state index is 12.4. The average Bonchev–Trinajstić information content (AvgIpc) is 2.90. The molecule has 0 bridgehead atoms. The van der Waals surface area contributed by atoms with E-state index in [4.69, 9.17) is 27.9 Å². The van der Waals surface area contributed by atoms with Gasteiger partial charge in [-0.05, 0) is 37.8 Å². The van der Waals surface area contributed by atoms with Gasteiger partial charge in [0.1, 0.15) is 0 Å². The van der Waals surface area contributed by atoms with Crippen LogP contribution in [0.15, 0.2) is 18.3 Å². The number of halogens is 2. The molecule has 0 aliphatic carbocycles. The first-order chi connectivity index (χ1) is 10.1. The molecule has 3 rings (SSSR count). The van der Waals surface area contributed by atoms with Crippen molar-refractivity contribution in [1.29, 1.82) is 0 Å². The second kappa shape index (κ2) is 6.39. The highest BCUT2D eigenvalue weighted by Crippen LogP contribution is 2.31. The van der Waals surface area contributed by atoms with E-state index in [1.165, 1.54) is 6.42 Å². The molecule has 112 valence electrons. The van der Waals surface area contributed by atoms with E-state index in [9.17, 15) is 4.79 Å². The fourth-order valence-corrected chi connectivity index (χ4v) is 3.46. The average molecular weight is 326 g/mol. The van der Waals surface area contributed by atoms with Gasteiger partial charge in [0.2, 0.25) is 0 Å². The molecule has 0 amide bonds. The van der Waals surface area contributed by atoms with Gasteiger partial charge in [-0.3, -0.25) is 4.79 Å². The normalized spacial score (nSPS) is 19.0. The Morgan fingerprint density at radius 1 is 1.33 bits per heavy atom. The molecule has 2 aromatic rings. The Morgan fingerprint density at radius 2 is 2.19 bits per heavy atom. The Morgan fingerprint density at radius 3 is 2.95 bits per heavy atom. The minimum Gasteiger partial charge on any atom is -0.378 e. The maximum atomic E-state index is 12.4. The fraction of sp³-hybridized carbons (Fsp3) is 0.438. The van der Waals surface area contributed by atoms with Crippen LogP contribution in [0, 0.1) is 0 Å². The van der Waals surface area contributed by atoms with Crippen LogP contribution in [-0.2, 0) is 4.74 Å². The van der Waals surface area contributed by atoms with E-state index in [0.717, 1.165) is 36.8 Å². The van der Waals surface area contributed by atoms with Gasteiger partial charge in [0.05, 0.1) is 11.1 Å². The van der Waals surface area contributed by atoms with Crippen molar-refractivity contribution in [3.8, 4) is 0 Å². The molecule has 0 spiro atoms. The van der Waals surface area contributed by atoms with Crippen LogP contribution < -0.4 is 0 Å². The number of ether oxygens (including phenoxy) is 1. The lowest BCUT2D eigenvalue weighted by Gasteiger charge is -2.22. The number of hydrogen-bond acceptors (Lipinski definition) is 2. The number of benzene rings is 1. The summed E-state index contributed by atoms with van der Waals surface area (Å²) >= 11 is 12.2. The molecule has 1 aromatic carbocycles. The lowest BCUT2D eigenvalue weighted by atomic mass is 10.00. The molecule has 1 aromatic heterocycles. The second-order valence-corrected chi connectivity index (χ2v) is 6.31. The second-order valence-electron chi connectivity index (χ2n) is 5.46. The summed E-state index contributed by atoms with van der Waals surface area (Å²) in [5, 5.41) is 1.83. The zero-order chi connectivity index (χ0) is 14.8. The van der Waals surface area contributed by atoms with Crippen LogP contribution in [-0.4, -0.2) is 23.5 Å². The third-order valence-electron chi connectivity index (χ3n) is 3.96. The molecule has 1 unspecified atom stereocenters. The lowest BCUT2D eigenvalue weighted by Crippen LogP contribution is -2.19. The molecule has 2 heterocycles. The highest BCUT2D eigenvalue weighted by molar-refractivity contribution is 6.39. The summed E-state index contributed by atoms with van der Waals surface area (Å²) in [6.45, 7) is 0.816. The highest BCUT2D eigenvalue weighted by Gasteiger charge is 2.19. The standard InChI is InChI=1S/C16H17Cl2NO2/c17-10-7-13(18)16-12(9-19-14(16)8-10)15(20)5-4-11-3-1-2-6-21-11/h7-9,11,19H,1-6H2. The van der Waals surface area contributed by atoms with Gasteiger partial charge in [-0.2, -0.15) is 0 Å². The predicted molar refractivity (Wildman–Crippen MR) is 85.5 cm³/mol. The summed E-state index contributed by atoms with van der Waals surface area (Å²) in [5.74, 6) is 0.0969. The van der Waals surface area contributed by atoms with Gasteiger partial charge in [0.25, 0.3) is 0 Å². The van der Waals surface area contributed by atoms with Crippen molar-refractivity contribution >= 4 is 39.9 Å². The van der Waals surface area contributed by atoms with E-state index >= 15 is 0 Å². The summed E-state index contributed by atoms with van der Waals surface area (Å²) in [7, 11) is 0. The number of aromatic amines is 1. The van der Waals surface area contributed by atoms with Gasteiger partial charge in [0, 0.05) is 40.7 Å². The summed E-state index contributed by atoms with van der Waals surface area (Å²) in [6, 6.07) is 3.45. The fourth-order valence-electron chi connectivity index (χ4n) is 2.87. The van der Waals surface area contributed by atoms with E-state index in [1.54, 1.807) is 18.3 Å². The quantitative estimate of drug-likeness (QED) is 0.803. The molecule has 21 heavy (non-hydrogen) atoms. The Balaban J connectivity index is 1.75. The number of carbonyl (C=O) groups is 1. The van der Waals surface area contributed by atoms with Gasteiger partial charge < -0.3 is 9.72 Å². The topological polar surface area (TPSA) is 42.1 Å². The molecule has 5 heteroatoms. The van der Waals surface area contributed by atoms with Crippen molar-refractivity contribution < 1.29 is 9.53 Å². The van der Waals surface area contributed by atoms with Crippen molar-refractivity contribution in [2.75, 3.05) is 6.61 Å². The third-order valence-corrected chi connectivity index (χ3v) is 4.48. The van der Waals surface area contributed by atoms with Crippen LogP contribution in [0.3, 0.4) is 0 Å². The van der Waals surface area contributed by atoms with E-state index in [1.807, 2.05) is 0 Å². The largest absolute Gasteiger partial charge is 0.378 e. The molecular formula is C16H17Cl2NO2. The van der Waals surface area contributed by atoms with E-state index in [2.05, 4.69) is 4.98 Å². The van der Waals surface area contributed by atoms with Crippen LogP contribution in [0.5, 0.6) is 0 Å². The Hall–Kier alpha value is -1.03. The molecular weight excluding hydrogens is 309 g/mol. The summed E-state index contributed by atoms with van der Waals surface area (Å²) in [4.78, 5) is 15.5. The van der Waals surface area contributed by atoms with Crippen LogP contribution in [0.2, 0.25) is 10.0 Å². The smallest absolute Gasteiger partial charge is 0.165 e. The minimum atomic E-state index is 0.0969. The number of H-pyrrole nitrogens is 1. The van der Waals surface area contributed by atoms with Gasteiger partial charge in [-0.15, -0.1) is 0 Å². The number of ketones is 1. The summed E-state index contributed by atoms with van der Waals surface area (Å²) in [6.07, 6.45) is 6.57. The molecule has 1 atom stereocenters. The van der Waals surface area contributed by atoms with Crippen molar-refractivity contribution in [3.63, 3.8) is 0 Å². The number of carbonyl (C=O) groups excluding carboxylic acids is 1. The first kappa shape index (κ1) is 14.9. The Bertz CT molecular complexity index is 660. The summed E-state index contributed by atoms with van der Waals surface area (Å²) < 4.78 is 5.67. The van der Waals surface area contributed by atoms with E-state index in [0.29, 0.717) is 22.0 Å². The van der Waals surface area contributed by atoms with Crippen molar-refractivity contribution in [3.05, 3.63) is 33.9 Å². The zero-order valence-electron chi connectivity index (χ0n) is 11.6. The molecule has 0 radical (unpaired) electrons. The van der Waals surface area contributed by atoms with Crippen LogP contribution in [0.1, 0.15) is 42.5 Å². The molecule has 3 nitrogen and oxygen atoms in total. The number of hydrogen-bond donors (Lipinski definition) is 1. The Kier molecular flexibility index (Phi) is 4.53. The molecule has 1 aliphatic rings. The van der Waals surface area contributed by atoms with Crippen LogP contribution in [0.4, 0.5) is 0 Å². The molecule has 1 saturated heterocycles. The molecule has 1 fully saturated rings. The van der Waals surface area contributed by atoms with E-state index < -0.39 is 0 Å².